The van der Waals surface area contributed by atoms with Gasteiger partial charge in [0.2, 0.25) is 0 Å². The molecule has 1 aliphatic rings. The van der Waals surface area contributed by atoms with E-state index in [-0.39, 0.29) is 24.0 Å². The van der Waals surface area contributed by atoms with Crippen LogP contribution in [0.1, 0.15) is 44.2 Å². The molecule has 1 saturated heterocycles. The van der Waals surface area contributed by atoms with Crippen molar-refractivity contribution in [2.75, 3.05) is 19.6 Å². The fraction of sp³-hybridized carbons (Fsp3) is 0.550. The summed E-state index contributed by atoms with van der Waals surface area (Å²) in [5, 5.41) is 6.37. The molecule has 0 saturated carbocycles. The molecule has 2 N–H and O–H groups in total. The standard InChI is InChI=1S/C20H30N4.HI/c1-4-13-22-20(21-5-2)23-15-18-11-6-7-12-19(18)16-24-14-9-8-10-17(24)3;/h1,6-7,11-12,17H,5,8-10,13-16H2,2-3H3,(H2,21,22,23);1H. The predicted octanol–water partition coefficient (Wildman–Crippen LogP) is 3.37. The van der Waals surface area contributed by atoms with Crippen LogP contribution >= 0.6 is 24.0 Å². The van der Waals surface area contributed by atoms with Crippen LogP contribution < -0.4 is 10.6 Å². The Morgan fingerprint density at radius 3 is 2.72 bits per heavy atom. The van der Waals surface area contributed by atoms with Crippen molar-refractivity contribution in [2.45, 2.75) is 52.2 Å². The Balaban J connectivity index is 0.00000312. The van der Waals surface area contributed by atoms with E-state index in [0.717, 1.165) is 19.0 Å². The summed E-state index contributed by atoms with van der Waals surface area (Å²) in [6, 6.07) is 9.30. The second-order valence-corrected chi connectivity index (χ2v) is 6.34. The number of guanidine groups is 1. The van der Waals surface area contributed by atoms with Crippen molar-refractivity contribution in [2.24, 2.45) is 4.99 Å². The molecule has 138 valence electrons. The molecule has 0 aliphatic carbocycles. The Bertz CT molecular complexity index is 579. The molecule has 1 unspecified atom stereocenters. The van der Waals surface area contributed by atoms with Crippen LogP contribution in [0.4, 0.5) is 0 Å². The van der Waals surface area contributed by atoms with Crippen molar-refractivity contribution in [3.05, 3.63) is 35.4 Å². The largest absolute Gasteiger partial charge is 0.357 e. The van der Waals surface area contributed by atoms with Crippen molar-refractivity contribution in [1.82, 2.24) is 15.5 Å². The molecule has 0 bridgehead atoms. The molecular weight excluding hydrogens is 423 g/mol. The summed E-state index contributed by atoms with van der Waals surface area (Å²) in [6.07, 6.45) is 9.30. The smallest absolute Gasteiger partial charge is 0.192 e. The quantitative estimate of drug-likeness (QED) is 0.300. The van der Waals surface area contributed by atoms with Gasteiger partial charge in [-0.1, -0.05) is 36.6 Å². The van der Waals surface area contributed by atoms with Gasteiger partial charge in [0, 0.05) is 19.1 Å². The third kappa shape index (κ3) is 7.25. The van der Waals surface area contributed by atoms with Gasteiger partial charge in [0.25, 0.3) is 0 Å². The van der Waals surface area contributed by atoms with E-state index >= 15 is 0 Å². The number of hydrogen-bond donors (Lipinski definition) is 2. The van der Waals surface area contributed by atoms with E-state index in [4.69, 9.17) is 6.42 Å². The highest BCUT2D eigenvalue weighted by molar-refractivity contribution is 14.0. The van der Waals surface area contributed by atoms with Crippen LogP contribution in [0, 0.1) is 12.3 Å². The number of likely N-dealkylation sites (tertiary alicyclic amines) is 1. The first-order valence-corrected chi connectivity index (χ1v) is 9.01. The average Bonchev–Trinajstić information content (AvgIpc) is 2.60. The highest BCUT2D eigenvalue weighted by Gasteiger charge is 2.18. The fourth-order valence-corrected chi connectivity index (χ4v) is 3.12. The van der Waals surface area contributed by atoms with E-state index in [1.165, 1.54) is 36.9 Å². The monoisotopic (exact) mass is 454 g/mol. The van der Waals surface area contributed by atoms with Gasteiger partial charge in [0.1, 0.15) is 0 Å². The van der Waals surface area contributed by atoms with Gasteiger partial charge in [-0.05, 0) is 44.4 Å². The lowest BCUT2D eigenvalue weighted by Gasteiger charge is -2.33. The first-order valence-electron chi connectivity index (χ1n) is 9.01. The van der Waals surface area contributed by atoms with E-state index in [1.54, 1.807) is 0 Å². The molecule has 0 aromatic heterocycles. The molecule has 1 aromatic rings. The van der Waals surface area contributed by atoms with Crippen LogP contribution in [0.2, 0.25) is 0 Å². The molecule has 1 atom stereocenters. The second kappa shape index (κ2) is 12.2. The minimum atomic E-state index is 0. The lowest BCUT2D eigenvalue weighted by atomic mass is 10.0. The van der Waals surface area contributed by atoms with Crippen LogP contribution in [0.25, 0.3) is 0 Å². The van der Waals surface area contributed by atoms with Crippen molar-refractivity contribution in [3.63, 3.8) is 0 Å². The molecule has 0 spiro atoms. The Labute approximate surface area is 169 Å². The zero-order valence-corrected chi connectivity index (χ0v) is 17.8. The number of aliphatic imine (C=N–C) groups is 1. The number of piperidine rings is 1. The SMILES string of the molecule is C#CCNC(=NCc1ccccc1CN1CCCCC1C)NCC.I. The van der Waals surface area contributed by atoms with E-state index in [1.807, 2.05) is 0 Å². The summed E-state index contributed by atoms with van der Waals surface area (Å²) in [4.78, 5) is 7.27. The Morgan fingerprint density at radius 2 is 2.04 bits per heavy atom. The number of hydrogen-bond acceptors (Lipinski definition) is 2. The molecule has 25 heavy (non-hydrogen) atoms. The van der Waals surface area contributed by atoms with Crippen molar-refractivity contribution < 1.29 is 0 Å². The summed E-state index contributed by atoms with van der Waals surface area (Å²) in [7, 11) is 0. The first kappa shape index (κ1) is 21.8. The normalized spacial score (nSPS) is 18.1. The summed E-state index contributed by atoms with van der Waals surface area (Å²) < 4.78 is 0. The van der Waals surface area contributed by atoms with Gasteiger partial charge in [0.15, 0.2) is 5.96 Å². The topological polar surface area (TPSA) is 39.7 Å². The Morgan fingerprint density at radius 1 is 1.28 bits per heavy atom. The molecular formula is C20H31IN4. The van der Waals surface area contributed by atoms with Crippen molar-refractivity contribution >= 4 is 29.9 Å². The minimum absolute atomic E-state index is 0. The molecule has 4 nitrogen and oxygen atoms in total. The first-order chi connectivity index (χ1) is 11.7. The van der Waals surface area contributed by atoms with Crippen LogP contribution in [0.15, 0.2) is 29.3 Å². The fourth-order valence-electron chi connectivity index (χ4n) is 3.12. The number of terminal acetylenes is 1. The Hall–Kier alpha value is -1.26. The maximum atomic E-state index is 5.32. The van der Waals surface area contributed by atoms with Gasteiger partial charge >= 0.3 is 0 Å². The summed E-state index contributed by atoms with van der Waals surface area (Å²) in [5.41, 5.74) is 2.66. The molecule has 2 rings (SSSR count). The lowest BCUT2D eigenvalue weighted by molar-refractivity contribution is 0.152. The van der Waals surface area contributed by atoms with E-state index in [0.29, 0.717) is 19.1 Å². The number of benzene rings is 1. The van der Waals surface area contributed by atoms with E-state index in [9.17, 15) is 0 Å². The zero-order chi connectivity index (χ0) is 17.2. The molecule has 1 heterocycles. The second-order valence-electron chi connectivity index (χ2n) is 6.34. The maximum absolute atomic E-state index is 5.32. The number of nitrogens with one attached hydrogen (secondary N) is 2. The predicted molar refractivity (Wildman–Crippen MR) is 117 cm³/mol. The number of rotatable bonds is 6. The van der Waals surface area contributed by atoms with Gasteiger partial charge < -0.3 is 10.6 Å². The molecule has 5 heteroatoms. The van der Waals surface area contributed by atoms with E-state index in [2.05, 4.69) is 64.6 Å². The molecule has 1 fully saturated rings. The lowest BCUT2D eigenvalue weighted by Crippen LogP contribution is -2.37. The summed E-state index contributed by atoms with van der Waals surface area (Å²) >= 11 is 0. The van der Waals surface area contributed by atoms with Crippen LogP contribution in [-0.2, 0) is 13.1 Å². The van der Waals surface area contributed by atoms with E-state index < -0.39 is 0 Å². The molecule has 1 aliphatic heterocycles. The molecule has 0 amide bonds. The van der Waals surface area contributed by atoms with Gasteiger partial charge in [-0.15, -0.1) is 30.4 Å². The van der Waals surface area contributed by atoms with Crippen LogP contribution in [-0.4, -0.2) is 36.5 Å². The van der Waals surface area contributed by atoms with Gasteiger partial charge in [-0.3, -0.25) is 4.90 Å². The summed E-state index contributed by atoms with van der Waals surface area (Å²) in [6.45, 7) is 8.58. The van der Waals surface area contributed by atoms with Crippen LogP contribution in [0.5, 0.6) is 0 Å². The number of nitrogens with zero attached hydrogens (tertiary/aromatic N) is 2. The third-order valence-electron chi connectivity index (χ3n) is 4.54. The average molecular weight is 454 g/mol. The van der Waals surface area contributed by atoms with Gasteiger partial charge in [-0.25, -0.2) is 4.99 Å². The highest BCUT2D eigenvalue weighted by atomic mass is 127. The minimum Gasteiger partial charge on any atom is -0.357 e. The number of halogens is 1. The van der Waals surface area contributed by atoms with Gasteiger partial charge in [-0.2, -0.15) is 0 Å². The Kier molecular flexibility index (Phi) is 10.6. The van der Waals surface area contributed by atoms with Crippen molar-refractivity contribution in [1.29, 1.82) is 0 Å². The molecule has 1 aromatic carbocycles. The molecule has 0 radical (unpaired) electrons. The van der Waals surface area contributed by atoms with Gasteiger partial charge in [0.05, 0.1) is 13.1 Å². The summed E-state index contributed by atoms with van der Waals surface area (Å²) in [5.74, 6) is 3.36. The third-order valence-corrected chi connectivity index (χ3v) is 4.54. The zero-order valence-electron chi connectivity index (χ0n) is 15.4. The van der Waals surface area contributed by atoms with Crippen LogP contribution in [0.3, 0.4) is 0 Å². The van der Waals surface area contributed by atoms with Crippen molar-refractivity contribution in [3.8, 4) is 12.3 Å². The highest BCUT2D eigenvalue weighted by Crippen LogP contribution is 2.21. The maximum Gasteiger partial charge on any atom is 0.192 e.